The molecule has 0 atom stereocenters. The summed E-state index contributed by atoms with van der Waals surface area (Å²) >= 11 is 5.25. The van der Waals surface area contributed by atoms with Gasteiger partial charge in [-0.15, -0.1) is 0 Å². The van der Waals surface area contributed by atoms with Crippen molar-refractivity contribution in [2.24, 2.45) is 0 Å². The van der Waals surface area contributed by atoms with Gasteiger partial charge in [-0.3, -0.25) is 4.79 Å². The largest absolute Gasteiger partial charge is 0.497 e. The molecule has 1 rings (SSSR count). The molecule has 0 bridgehead atoms. The van der Waals surface area contributed by atoms with Gasteiger partial charge in [0.25, 0.3) is 0 Å². The molecule has 0 spiro atoms. The molecule has 29 heavy (non-hydrogen) atoms. The van der Waals surface area contributed by atoms with Crippen molar-refractivity contribution in [1.29, 1.82) is 0 Å². The van der Waals surface area contributed by atoms with Crippen LogP contribution in [-0.2, 0) is 4.79 Å². The molecule has 1 aromatic rings. The van der Waals surface area contributed by atoms with Gasteiger partial charge in [-0.25, -0.2) is 0 Å². The number of anilines is 1. The van der Waals surface area contributed by atoms with Gasteiger partial charge in [-0.1, -0.05) is 71.1 Å². The van der Waals surface area contributed by atoms with Gasteiger partial charge in [0.05, 0.1) is 19.9 Å². The van der Waals surface area contributed by atoms with Crippen LogP contribution in [0.25, 0.3) is 0 Å². The van der Waals surface area contributed by atoms with Crippen LogP contribution in [0.15, 0.2) is 18.2 Å². The fourth-order valence-electron chi connectivity index (χ4n) is 3.20. The molecule has 164 valence electrons. The van der Waals surface area contributed by atoms with Crippen molar-refractivity contribution in [3.05, 3.63) is 18.2 Å². The van der Waals surface area contributed by atoms with Gasteiger partial charge < -0.3 is 20.1 Å². The van der Waals surface area contributed by atoms with Gasteiger partial charge in [0.2, 0.25) is 5.91 Å². The molecule has 0 unspecified atom stereocenters. The maximum absolute atomic E-state index is 12.1. The van der Waals surface area contributed by atoms with Crippen molar-refractivity contribution in [2.45, 2.75) is 84.0 Å². The highest BCUT2D eigenvalue weighted by Crippen LogP contribution is 2.28. The van der Waals surface area contributed by atoms with Crippen LogP contribution >= 0.6 is 12.2 Å². The summed E-state index contributed by atoms with van der Waals surface area (Å²) < 4.78 is 10.5. The average molecular weight is 423 g/mol. The highest BCUT2D eigenvalue weighted by Gasteiger charge is 2.09. The minimum atomic E-state index is -0.0553. The number of unbranched alkanes of at least 4 members (excludes halogenated alkanes) is 10. The van der Waals surface area contributed by atoms with Gasteiger partial charge in [0, 0.05) is 12.5 Å². The molecule has 0 aliphatic rings. The Hall–Kier alpha value is -1.82. The lowest BCUT2D eigenvalue weighted by Gasteiger charge is -2.14. The van der Waals surface area contributed by atoms with Gasteiger partial charge >= 0.3 is 0 Å². The maximum Gasteiger partial charge on any atom is 0.226 e. The Morgan fingerprint density at radius 1 is 0.897 bits per heavy atom. The summed E-state index contributed by atoms with van der Waals surface area (Å²) in [5.74, 6) is 1.26. The standard InChI is InChI=1S/C23H38N2O3S/c1-4-5-6-7-8-9-10-11-12-13-14-15-22(26)25-23(29)24-20-18-19(27-2)16-17-21(20)28-3/h16-18H,4-15H2,1-3H3,(H2,24,25,26,29). The molecule has 5 nitrogen and oxygen atoms in total. The lowest BCUT2D eigenvalue weighted by molar-refractivity contribution is -0.119. The molecule has 6 heteroatoms. The highest BCUT2D eigenvalue weighted by atomic mass is 32.1. The number of methoxy groups -OCH3 is 2. The zero-order valence-corrected chi connectivity index (χ0v) is 19.2. The molecule has 0 fully saturated rings. The van der Waals surface area contributed by atoms with E-state index in [-0.39, 0.29) is 11.0 Å². The van der Waals surface area contributed by atoms with Crippen LogP contribution in [0.1, 0.15) is 84.0 Å². The second-order valence-corrected chi connectivity index (χ2v) is 7.76. The quantitative estimate of drug-likeness (QED) is 0.260. The molecule has 0 saturated heterocycles. The molecule has 0 aliphatic carbocycles. The minimum absolute atomic E-state index is 0.0553. The number of thiocarbonyl (C=S) groups is 1. The van der Waals surface area contributed by atoms with Crippen molar-refractivity contribution >= 4 is 28.9 Å². The Morgan fingerprint density at radius 2 is 1.48 bits per heavy atom. The summed E-state index contributed by atoms with van der Waals surface area (Å²) in [7, 11) is 3.18. The second-order valence-electron chi connectivity index (χ2n) is 7.35. The number of benzene rings is 1. The number of nitrogens with one attached hydrogen (secondary N) is 2. The Kier molecular flexibility index (Phi) is 13.9. The van der Waals surface area contributed by atoms with Crippen LogP contribution in [-0.4, -0.2) is 25.2 Å². The summed E-state index contributed by atoms with van der Waals surface area (Å²) in [4.78, 5) is 12.1. The van der Waals surface area contributed by atoms with Crippen molar-refractivity contribution in [1.82, 2.24) is 5.32 Å². The van der Waals surface area contributed by atoms with Gasteiger partial charge in [-0.05, 0) is 30.8 Å². The smallest absolute Gasteiger partial charge is 0.226 e. The molecule has 1 amide bonds. The van der Waals surface area contributed by atoms with Crippen molar-refractivity contribution < 1.29 is 14.3 Å². The third-order valence-corrected chi connectivity index (χ3v) is 5.12. The Morgan fingerprint density at radius 3 is 2.03 bits per heavy atom. The monoisotopic (exact) mass is 422 g/mol. The van der Waals surface area contributed by atoms with E-state index in [1.807, 2.05) is 0 Å². The van der Waals surface area contributed by atoms with Crippen molar-refractivity contribution in [3.63, 3.8) is 0 Å². The number of carbonyl (C=O) groups excluding carboxylic acids is 1. The average Bonchev–Trinajstić information content (AvgIpc) is 2.71. The van der Waals surface area contributed by atoms with Crippen LogP contribution in [0.2, 0.25) is 0 Å². The predicted octanol–water partition coefficient (Wildman–Crippen LogP) is 6.22. The first-order valence-electron chi connectivity index (χ1n) is 10.9. The molecule has 0 aromatic heterocycles. The van der Waals surface area contributed by atoms with Crippen LogP contribution in [0.5, 0.6) is 11.5 Å². The van der Waals surface area contributed by atoms with E-state index < -0.39 is 0 Å². The number of hydrogen-bond donors (Lipinski definition) is 2. The van der Waals surface area contributed by atoms with E-state index >= 15 is 0 Å². The first-order valence-corrected chi connectivity index (χ1v) is 11.3. The lowest BCUT2D eigenvalue weighted by Crippen LogP contribution is -2.34. The number of hydrogen-bond acceptors (Lipinski definition) is 4. The Balaban J connectivity index is 2.13. The normalized spacial score (nSPS) is 10.4. The number of rotatable bonds is 15. The van der Waals surface area contributed by atoms with Crippen LogP contribution in [0.4, 0.5) is 5.69 Å². The van der Waals surface area contributed by atoms with E-state index in [0.29, 0.717) is 23.6 Å². The van der Waals surface area contributed by atoms with Gasteiger partial charge in [0.1, 0.15) is 11.5 Å². The fourth-order valence-corrected chi connectivity index (χ4v) is 3.43. The number of amides is 1. The highest BCUT2D eigenvalue weighted by molar-refractivity contribution is 7.80. The zero-order valence-electron chi connectivity index (χ0n) is 18.4. The van der Waals surface area contributed by atoms with Crippen molar-refractivity contribution in [2.75, 3.05) is 19.5 Å². The molecule has 2 N–H and O–H groups in total. The molecule has 0 aliphatic heterocycles. The Bertz CT molecular complexity index is 608. The zero-order chi connectivity index (χ0) is 21.3. The number of ether oxygens (including phenoxy) is 2. The SMILES string of the molecule is CCCCCCCCCCCCCC(=O)NC(=S)Nc1cc(OC)ccc1OC. The molecular formula is C23H38N2O3S. The van der Waals surface area contributed by atoms with E-state index in [0.717, 1.165) is 12.8 Å². The van der Waals surface area contributed by atoms with Gasteiger partial charge in [0.15, 0.2) is 5.11 Å². The van der Waals surface area contributed by atoms with Crippen molar-refractivity contribution in [3.8, 4) is 11.5 Å². The molecule has 0 radical (unpaired) electrons. The summed E-state index contributed by atoms with van der Waals surface area (Å²) in [6.07, 6.45) is 14.4. The lowest BCUT2D eigenvalue weighted by atomic mass is 10.1. The van der Waals surface area contributed by atoms with Crippen LogP contribution in [0.3, 0.4) is 0 Å². The summed E-state index contributed by atoms with van der Waals surface area (Å²) in [6.45, 7) is 2.25. The third-order valence-electron chi connectivity index (χ3n) is 4.92. The van der Waals surface area contributed by atoms with Crippen LogP contribution < -0.4 is 20.1 Å². The van der Waals surface area contributed by atoms with E-state index in [9.17, 15) is 4.79 Å². The molecular weight excluding hydrogens is 384 g/mol. The molecule has 1 aromatic carbocycles. The predicted molar refractivity (Wildman–Crippen MR) is 125 cm³/mol. The maximum atomic E-state index is 12.1. The van der Waals surface area contributed by atoms with Crippen LogP contribution in [0, 0.1) is 0 Å². The van der Waals surface area contributed by atoms with E-state index in [1.54, 1.807) is 32.4 Å². The summed E-state index contributed by atoms with van der Waals surface area (Å²) in [5.41, 5.74) is 0.659. The molecule has 0 saturated carbocycles. The third kappa shape index (κ3) is 11.7. The molecule has 0 heterocycles. The number of carbonyl (C=O) groups is 1. The van der Waals surface area contributed by atoms with Gasteiger partial charge in [-0.2, -0.15) is 0 Å². The summed E-state index contributed by atoms with van der Waals surface area (Å²) in [5, 5.41) is 6.01. The summed E-state index contributed by atoms with van der Waals surface area (Å²) in [6, 6.07) is 5.37. The second kappa shape index (κ2) is 16.0. The minimum Gasteiger partial charge on any atom is -0.497 e. The fraction of sp³-hybridized carbons (Fsp3) is 0.652. The topological polar surface area (TPSA) is 59.6 Å². The van der Waals surface area contributed by atoms with E-state index in [1.165, 1.54) is 57.8 Å². The Labute approximate surface area is 181 Å². The first-order chi connectivity index (χ1) is 14.1. The first kappa shape index (κ1) is 25.2. The van der Waals surface area contributed by atoms with E-state index in [4.69, 9.17) is 21.7 Å². The van der Waals surface area contributed by atoms with E-state index in [2.05, 4.69) is 17.6 Å².